The number of carbonyl (C=O) groups is 3. The molecule has 3 aromatic carbocycles. The lowest BCUT2D eigenvalue weighted by Gasteiger charge is -2.32. The van der Waals surface area contributed by atoms with Crippen LogP contribution >= 0.6 is 0 Å². The molecule has 3 amide bonds. The van der Waals surface area contributed by atoms with Crippen molar-refractivity contribution in [2.24, 2.45) is 0 Å². The fraction of sp³-hybridized carbons (Fsp3) is 0.321. The van der Waals surface area contributed by atoms with E-state index in [-0.39, 0.29) is 42.5 Å². The Labute approximate surface area is 203 Å². The van der Waals surface area contributed by atoms with Gasteiger partial charge >= 0.3 is 0 Å². The number of piperidine rings is 1. The number of nitrogens with zero attached hydrogens (tertiary/aromatic N) is 2. The van der Waals surface area contributed by atoms with Crippen LogP contribution < -0.4 is 5.32 Å². The molecular weight excluding hydrogens is 445 g/mol. The molecule has 0 aliphatic carbocycles. The Balaban J connectivity index is 1.09. The molecular formula is C28H28FN3O3. The van der Waals surface area contributed by atoms with Crippen LogP contribution in [0, 0.1) is 5.82 Å². The molecule has 0 bridgehead atoms. The third-order valence-corrected chi connectivity index (χ3v) is 6.91. The summed E-state index contributed by atoms with van der Waals surface area (Å²) in [6.07, 6.45) is 2.40. The maximum atomic E-state index is 13.1. The highest BCUT2D eigenvalue weighted by Crippen LogP contribution is 2.30. The summed E-state index contributed by atoms with van der Waals surface area (Å²) in [5.74, 6) is -0.880. The van der Waals surface area contributed by atoms with E-state index < -0.39 is 0 Å². The van der Waals surface area contributed by atoms with Crippen molar-refractivity contribution < 1.29 is 18.8 Å². The quantitative estimate of drug-likeness (QED) is 0.524. The van der Waals surface area contributed by atoms with Crippen LogP contribution in [0.2, 0.25) is 0 Å². The van der Waals surface area contributed by atoms with Crippen molar-refractivity contribution in [3.8, 4) is 0 Å². The molecule has 0 spiro atoms. The average molecular weight is 474 g/mol. The highest BCUT2D eigenvalue weighted by atomic mass is 19.1. The third-order valence-electron chi connectivity index (χ3n) is 6.91. The van der Waals surface area contributed by atoms with Gasteiger partial charge < -0.3 is 5.32 Å². The molecule has 1 saturated heterocycles. The van der Waals surface area contributed by atoms with Crippen LogP contribution in [0.3, 0.4) is 0 Å². The van der Waals surface area contributed by atoms with Crippen molar-refractivity contribution in [2.45, 2.75) is 38.3 Å². The van der Waals surface area contributed by atoms with E-state index in [1.807, 2.05) is 24.3 Å². The Morgan fingerprint density at radius 1 is 0.914 bits per heavy atom. The lowest BCUT2D eigenvalue weighted by Crippen LogP contribution is -2.44. The molecule has 0 radical (unpaired) electrons. The predicted molar refractivity (Wildman–Crippen MR) is 131 cm³/mol. The smallest absolute Gasteiger partial charge is 0.261 e. The summed E-state index contributed by atoms with van der Waals surface area (Å²) in [4.78, 5) is 42.0. The Bertz CT molecular complexity index is 1220. The summed E-state index contributed by atoms with van der Waals surface area (Å²) in [7, 11) is 0. The minimum absolute atomic E-state index is 0.0543. The van der Waals surface area contributed by atoms with Crippen LogP contribution in [0.15, 0.2) is 60.7 Å². The fourth-order valence-electron chi connectivity index (χ4n) is 5.06. The van der Waals surface area contributed by atoms with Gasteiger partial charge in [0.05, 0.1) is 0 Å². The first-order valence-electron chi connectivity index (χ1n) is 12.1. The predicted octanol–water partition coefficient (Wildman–Crippen LogP) is 4.14. The number of likely N-dealkylation sites (tertiary alicyclic amines) is 1. The van der Waals surface area contributed by atoms with E-state index in [2.05, 4.69) is 10.2 Å². The number of imide groups is 1. The fourth-order valence-corrected chi connectivity index (χ4v) is 5.06. The zero-order chi connectivity index (χ0) is 24.4. The molecule has 2 heterocycles. The molecule has 5 rings (SSSR count). The van der Waals surface area contributed by atoms with E-state index in [0.717, 1.165) is 43.4 Å². The number of nitrogens with one attached hydrogen (secondary N) is 1. The first-order valence-corrected chi connectivity index (χ1v) is 12.1. The molecule has 0 unspecified atom stereocenters. The van der Waals surface area contributed by atoms with Gasteiger partial charge in [-0.25, -0.2) is 4.39 Å². The number of halogens is 1. The largest absolute Gasteiger partial charge is 0.353 e. The van der Waals surface area contributed by atoms with Crippen LogP contribution in [0.1, 0.15) is 52.0 Å². The first-order chi connectivity index (χ1) is 17.0. The molecule has 180 valence electrons. The second-order valence-electron chi connectivity index (χ2n) is 9.32. The molecule has 0 atom stereocenters. The minimum atomic E-state index is -0.298. The highest BCUT2D eigenvalue weighted by molar-refractivity contribution is 6.25. The molecule has 2 aliphatic heterocycles. The number of hydrogen-bond acceptors (Lipinski definition) is 4. The Hall–Kier alpha value is -3.58. The van der Waals surface area contributed by atoms with Gasteiger partial charge in [-0.2, -0.15) is 0 Å². The highest BCUT2D eigenvalue weighted by Gasteiger charge is 2.32. The number of hydrogen-bond donors (Lipinski definition) is 1. The van der Waals surface area contributed by atoms with Crippen LogP contribution in [-0.2, 0) is 11.3 Å². The number of amides is 3. The van der Waals surface area contributed by atoms with Gasteiger partial charge in [0.1, 0.15) is 5.82 Å². The molecule has 3 aromatic rings. The monoisotopic (exact) mass is 473 g/mol. The molecule has 0 aromatic heterocycles. The molecule has 0 saturated carbocycles. The van der Waals surface area contributed by atoms with Crippen LogP contribution in [0.5, 0.6) is 0 Å². The number of benzene rings is 3. The van der Waals surface area contributed by atoms with Crippen molar-refractivity contribution >= 4 is 28.5 Å². The van der Waals surface area contributed by atoms with E-state index in [1.165, 1.54) is 17.0 Å². The van der Waals surface area contributed by atoms with Gasteiger partial charge in [-0.15, -0.1) is 0 Å². The molecule has 2 aliphatic rings. The van der Waals surface area contributed by atoms with Crippen LogP contribution in [-0.4, -0.2) is 53.2 Å². The van der Waals surface area contributed by atoms with Crippen molar-refractivity contribution in [2.75, 3.05) is 19.6 Å². The van der Waals surface area contributed by atoms with Gasteiger partial charge in [-0.3, -0.25) is 24.2 Å². The van der Waals surface area contributed by atoms with Gasteiger partial charge in [-0.1, -0.05) is 36.4 Å². The Morgan fingerprint density at radius 3 is 2.17 bits per heavy atom. The van der Waals surface area contributed by atoms with E-state index in [4.69, 9.17) is 0 Å². The van der Waals surface area contributed by atoms with Crippen molar-refractivity contribution in [1.82, 2.24) is 15.1 Å². The van der Waals surface area contributed by atoms with Gasteiger partial charge in [0.25, 0.3) is 11.8 Å². The molecule has 1 fully saturated rings. The molecule has 35 heavy (non-hydrogen) atoms. The summed E-state index contributed by atoms with van der Waals surface area (Å²) in [5.41, 5.74) is 2.15. The van der Waals surface area contributed by atoms with E-state index in [1.54, 1.807) is 24.3 Å². The van der Waals surface area contributed by atoms with Gasteiger partial charge in [0.2, 0.25) is 5.91 Å². The van der Waals surface area contributed by atoms with Gasteiger partial charge in [0.15, 0.2) is 0 Å². The summed E-state index contributed by atoms with van der Waals surface area (Å²) in [6, 6.07) is 17.6. The molecule has 1 N–H and O–H groups in total. The van der Waals surface area contributed by atoms with Crippen LogP contribution in [0.4, 0.5) is 4.39 Å². The van der Waals surface area contributed by atoms with Crippen molar-refractivity contribution in [1.29, 1.82) is 0 Å². The average Bonchev–Trinajstić information content (AvgIpc) is 2.87. The second kappa shape index (κ2) is 9.96. The van der Waals surface area contributed by atoms with Gasteiger partial charge in [0, 0.05) is 55.2 Å². The van der Waals surface area contributed by atoms with E-state index in [9.17, 15) is 18.8 Å². The molecule has 7 heteroatoms. The lowest BCUT2D eigenvalue weighted by atomic mass is 9.94. The molecule has 6 nitrogen and oxygen atoms in total. The summed E-state index contributed by atoms with van der Waals surface area (Å²) < 4.78 is 13.1. The van der Waals surface area contributed by atoms with Crippen molar-refractivity contribution in [3.05, 3.63) is 83.2 Å². The maximum Gasteiger partial charge on any atom is 0.261 e. The lowest BCUT2D eigenvalue weighted by molar-refractivity contribution is -0.122. The van der Waals surface area contributed by atoms with E-state index >= 15 is 0 Å². The standard InChI is InChI=1S/C28H28FN3O3/c29-21-11-9-19(10-12-21)18-31-16-13-22(14-17-31)30-25(33)8-3-15-32-27(34)23-6-1-4-20-5-2-7-24(26(20)23)28(32)35/h1-2,4-7,9-12,22H,3,8,13-18H2,(H,30,33). The Kier molecular flexibility index (Phi) is 6.59. The summed E-state index contributed by atoms with van der Waals surface area (Å²) >= 11 is 0. The summed E-state index contributed by atoms with van der Waals surface area (Å²) in [5, 5.41) is 4.69. The number of rotatable bonds is 7. The summed E-state index contributed by atoms with van der Waals surface area (Å²) in [6.45, 7) is 2.72. The number of carbonyl (C=O) groups excluding carboxylic acids is 3. The first kappa shape index (κ1) is 23.2. The zero-order valence-electron chi connectivity index (χ0n) is 19.5. The topological polar surface area (TPSA) is 69.7 Å². The van der Waals surface area contributed by atoms with E-state index in [0.29, 0.717) is 22.9 Å². The SMILES string of the molecule is O=C(CCCN1C(=O)c2cccc3cccc(c23)C1=O)NC1CCN(Cc2ccc(F)cc2)CC1. The zero-order valence-corrected chi connectivity index (χ0v) is 19.5. The normalized spacial score (nSPS) is 16.7. The third kappa shape index (κ3) is 4.95. The maximum absolute atomic E-state index is 13.1. The Morgan fingerprint density at radius 2 is 1.54 bits per heavy atom. The van der Waals surface area contributed by atoms with Crippen molar-refractivity contribution in [3.63, 3.8) is 0 Å². The van der Waals surface area contributed by atoms with Gasteiger partial charge in [-0.05, 0) is 54.5 Å². The second-order valence-corrected chi connectivity index (χ2v) is 9.32. The minimum Gasteiger partial charge on any atom is -0.353 e. The van der Waals surface area contributed by atoms with Crippen LogP contribution in [0.25, 0.3) is 10.8 Å².